The van der Waals surface area contributed by atoms with E-state index in [0.717, 1.165) is 45.6 Å². The molecule has 26 heavy (non-hydrogen) atoms. The molecule has 0 fully saturated rings. The molecule has 0 N–H and O–H groups in total. The van der Waals surface area contributed by atoms with Gasteiger partial charge in [-0.1, -0.05) is 17.4 Å². The molecule has 0 saturated carbocycles. The Morgan fingerprint density at radius 2 is 1.96 bits per heavy atom. The number of ether oxygens (including phenoxy) is 1. The van der Waals surface area contributed by atoms with Gasteiger partial charge in [-0.3, -0.25) is 4.79 Å². The van der Waals surface area contributed by atoms with E-state index in [2.05, 4.69) is 62.3 Å². The van der Waals surface area contributed by atoms with E-state index in [1.165, 1.54) is 11.3 Å². The molecule has 0 amide bonds. The Kier molecular flexibility index (Phi) is 4.72. The van der Waals surface area contributed by atoms with Crippen LogP contribution in [0.5, 0.6) is 5.75 Å². The van der Waals surface area contributed by atoms with E-state index in [4.69, 9.17) is 4.74 Å². The molecule has 0 aliphatic carbocycles. The highest BCUT2D eigenvalue weighted by Crippen LogP contribution is 2.29. The lowest BCUT2D eigenvalue weighted by atomic mass is 10.1. The van der Waals surface area contributed by atoms with Crippen LogP contribution in [-0.2, 0) is 0 Å². The fourth-order valence-corrected chi connectivity index (χ4v) is 6.23. The van der Waals surface area contributed by atoms with Crippen LogP contribution in [0.4, 0.5) is 0 Å². The van der Waals surface area contributed by atoms with Crippen LogP contribution >= 0.6 is 56.5 Å². The lowest BCUT2D eigenvalue weighted by molar-refractivity contribution is 0.410. The van der Waals surface area contributed by atoms with Crippen LogP contribution in [-0.4, -0.2) is 16.5 Å². The Morgan fingerprint density at radius 1 is 1.19 bits per heavy atom. The first kappa shape index (κ1) is 18.2. The highest BCUT2D eigenvalue weighted by molar-refractivity contribution is 14.1. The zero-order valence-corrected chi connectivity index (χ0v) is 19.4. The number of benzene rings is 2. The van der Waals surface area contributed by atoms with Gasteiger partial charge in [-0.05, 0) is 94.4 Å². The normalized spacial score (nSPS) is 12.4. The van der Waals surface area contributed by atoms with Crippen LogP contribution in [0.3, 0.4) is 0 Å². The molecule has 0 unspecified atom stereocenters. The Hall–Kier alpha value is -1.20. The summed E-state index contributed by atoms with van der Waals surface area (Å²) in [7, 11) is 1.65. The summed E-state index contributed by atoms with van der Waals surface area (Å²) >= 11 is 5.94. The molecule has 132 valence electrons. The van der Waals surface area contributed by atoms with Crippen molar-refractivity contribution in [3.8, 4) is 5.75 Å². The van der Waals surface area contributed by atoms with Crippen molar-refractivity contribution in [3.63, 3.8) is 0 Å². The first-order chi connectivity index (χ1) is 12.4. The van der Waals surface area contributed by atoms with Gasteiger partial charge in [0.25, 0.3) is 5.56 Å². The lowest BCUT2D eigenvalue weighted by Crippen LogP contribution is -2.22. The first-order valence-electron chi connectivity index (χ1n) is 7.86. The first-order valence-corrected chi connectivity index (χ1v) is 10.8. The smallest absolute Gasteiger partial charge is 0.274 e. The number of rotatable bonds is 2. The molecule has 0 radical (unpaired) electrons. The summed E-state index contributed by atoms with van der Waals surface area (Å²) in [4.78, 5) is 18.5. The number of fused-ring (bicyclic) bond motifs is 3. The highest BCUT2D eigenvalue weighted by Gasteiger charge is 2.14. The van der Waals surface area contributed by atoms with E-state index in [0.29, 0.717) is 4.53 Å². The van der Waals surface area contributed by atoms with Crippen molar-refractivity contribution in [2.45, 2.75) is 13.8 Å². The number of nitrogens with zero attached hydrogens (tertiary/aromatic N) is 2. The van der Waals surface area contributed by atoms with Gasteiger partial charge in [0.05, 0.1) is 26.2 Å². The minimum absolute atomic E-state index is 0.0339. The van der Waals surface area contributed by atoms with E-state index >= 15 is 0 Å². The summed E-state index contributed by atoms with van der Waals surface area (Å²) in [5.74, 6) is 0.785. The number of hydrogen-bond acceptors (Lipinski definition) is 4. The Balaban J connectivity index is 2.04. The fourth-order valence-electron chi connectivity index (χ4n) is 3.15. The van der Waals surface area contributed by atoms with E-state index in [-0.39, 0.29) is 5.56 Å². The third kappa shape index (κ3) is 2.93. The number of thiazole rings is 1. The number of aromatic nitrogens is 2. The summed E-state index contributed by atoms with van der Waals surface area (Å²) in [6, 6.07) is 8.19. The Labute approximate surface area is 181 Å². The van der Waals surface area contributed by atoms with Gasteiger partial charge >= 0.3 is 0 Å². The van der Waals surface area contributed by atoms with Gasteiger partial charge in [-0.2, -0.15) is 0 Å². The van der Waals surface area contributed by atoms with Crippen molar-refractivity contribution < 1.29 is 4.74 Å². The standard InChI is InChI=1S/C19H14I2N2O2S/c1-9-4-10(2)16-14(5-9)23-18(24)15(26-19(23)22-16)7-11-6-12(20)8-13(21)17(11)25-3/h4-8H,1-3H3. The Morgan fingerprint density at radius 3 is 2.69 bits per heavy atom. The molecule has 0 aliphatic rings. The van der Waals surface area contributed by atoms with Gasteiger partial charge in [0.1, 0.15) is 5.75 Å². The van der Waals surface area contributed by atoms with Crippen LogP contribution < -0.4 is 14.8 Å². The van der Waals surface area contributed by atoms with Crippen LogP contribution in [0.2, 0.25) is 0 Å². The molecule has 4 nitrogen and oxygen atoms in total. The van der Waals surface area contributed by atoms with E-state index < -0.39 is 0 Å². The molecule has 2 heterocycles. The Bertz CT molecular complexity index is 1290. The predicted molar refractivity (Wildman–Crippen MR) is 124 cm³/mol. The summed E-state index contributed by atoms with van der Waals surface area (Å²) in [6.07, 6.45) is 1.90. The van der Waals surface area contributed by atoms with E-state index in [1.807, 2.05) is 32.1 Å². The molecule has 0 aliphatic heterocycles. The van der Waals surface area contributed by atoms with Gasteiger partial charge in [-0.15, -0.1) is 0 Å². The predicted octanol–water partition coefficient (Wildman–Crippen LogP) is 4.29. The maximum atomic E-state index is 13.1. The number of halogens is 2. The van der Waals surface area contributed by atoms with Crippen molar-refractivity contribution in [1.29, 1.82) is 0 Å². The van der Waals surface area contributed by atoms with Crippen molar-refractivity contribution >= 4 is 78.6 Å². The molecule has 0 spiro atoms. The van der Waals surface area contributed by atoms with Gasteiger partial charge in [0, 0.05) is 9.13 Å². The van der Waals surface area contributed by atoms with Crippen LogP contribution in [0.1, 0.15) is 16.7 Å². The van der Waals surface area contributed by atoms with Crippen LogP contribution in [0.15, 0.2) is 29.1 Å². The van der Waals surface area contributed by atoms with Crippen molar-refractivity contribution in [2.75, 3.05) is 7.11 Å². The van der Waals surface area contributed by atoms with Crippen LogP contribution in [0.25, 0.3) is 22.1 Å². The fraction of sp³-hybridized carbons (Fsp3) is 0.158. The molecule has 0 saturated heterocycles. The SMILES string of the molecule is COc1c(I)cc(I)cc1C=c1sc2nc3c(C)cc(C)cc3n2c1=O. The van der Waals surface area contributed by atoms with E-state index in [9.17, 15) is 4.79 Å². The number of imidazole rings is 1. The summed E-state index contributed by atoms with van der Waals surface area (Å²) in [5, 5.41) is 0. The maximum Gasteiger partial charge on any atom is 0.274 e. The second kappa shape index (κ2) is 6.75. The minimum atomic E-state index is -0.0339. The monoisotopic (exact) mass is 588 g/mol. The zero-order chi connectivity index (χ0) is 18.6. The number of aryl methyl sites for hydroxylation is 2. The molecule has 4 aromatic rings. The van der Waals surface area contributed by atoms with Gasteiger partial charge in [-0.25, -0.2) is 9.38 Å². The van der Waals surface area contributed by atoms with Gasteiger partial charge in [0.2, 0.25) is 0 Å². The largest absolute Gasteiger partial charge is 0.495 e. The summed E-state index contributed by atoms with van der Waals surface area (Å²) in [6.45, 7) is 4.07. The van der Waals surface area contributed by atoms with Crippen molar-refractivity contribution in [3.05, 3.63) is 63.0 Å². The zero-order valence-electron chi connectivity index (χ0n) is 14.3. The molecule has 7 heteroatoms. The highest BCUT2D eigenvalue weighted by atomic mass is 127. The molecule has 0 atom stereocenters. The maximum absolute atomic E-state index is 13.1. The lowest BCUT2D eigenvalue weighted by Gasteiger charge is -2.07. The third-order valence-corrected chi connectivity index (χ3v) is 6.60. The second-order valence-electron chi connectivity index (χ2n) is 6.11. The summed E-state index contributed by atoms with van der Waals surface area (Å²) < 4.78 is 10.0. The third-order valence-electron chi connectivity index (χ3n) is 4.21. The van der Waals surface area contributed by atoms with Gasteiger partial charge < -0.3 is 4.74 Å². The molecule has 2 aromatic carbocycles. The topological polar surface area (TPSA) is 43.6 Å². The minimum Gasteiger partial charge on any atom is -0.495 e. The molecule has 2 aromatic heterocycles. The van der Waals surface area contributed by atoms with E-state index in [1.54, 1.807) is 11.5 Å². The number of hydrogen-bond donors (Lipinski definition) is 0. The molecular formula is C19H14I2N2O2S. The van der Waals surface area contributed by atoms with Crippen molar-refractivity contribution in [1.82, 2.24) is 9.38 Å². The van der Waals surface area contributed by atoms with Crippen LogP contribution in [0, 0.1) is 21.0 Å². The number of methoxy groups -OCH3 is 1. The molecule has 4 rings (SSSR count). The average molecular weight is 588 g/mol. The average Bonchev–Trinajstić information content (AvgIpc) is 3.05. The second-order valence-corrected chi connectivity index (χ2v) is 9.52. The quantitative estimate of drug-likeness (QED) is 0.329. The molecular weight excluding hydrogens is 574 g/mol. The van der Waals surface area contributed by atoms with Gasteiger partial charge in [0.15, 0.2) is 4.96 Å². The summed E-state index contributed by atoms with van der Waals surface area (Å²) in [5.41, 5.74) is 4.86. The van der Waals surface area contributed by atoms with Crippen molar-refractivity contribution in [2.24, 2.45) is 0 Å². The molecule has 0 bridgehead atoms.